The first-order valence-corrected chi connectivity index (χ1v) is 6.61. The van der Waals surface area contributed by atoms with E-state index in [0.29, 0.717) is 12.0 Å². The van der Waals surface area contributed by atoms with Crippen LogP contribution in [0.5, 0.6) is 0 Å². The van der Waals surface area contributed by atoms with Crippen LogP contribution in [-0.4, -0.2) is 6.04 Å². The molecule has 0 saturated carbocycles. The number of aryl methyl sites for hydroxylation is 2. The van der Waals surface area contributed by atoms with Crippen LogP contribution in [0.3, 0.4) is 0 Å². The Morgan fingerprint density at radius 2 is 1.74 bits per heavy atom. The number of nitrogens with two attached hydrogens (primary N) is 1. The summed E-state index contributed by atoms with van der Waals surface area (Å²) in [5.41, 5.74) is 10.6. The van der Waals surface area contributed by atoms with E-state index in [-0.39, 0.29) is 11.9 Å². The van der Waals surface area contributed by atoms with Gasteiger partial charge < -0.3 is 5.73 Å². The molecular formula is C17H20FN. The van der Waals surface area contributed by atoms with Crippen molar-refractivity contribution in [3.63, 3.8) is 0 Å². The lowest BCUT2D eigenvalue weighted by Crippen LogP contribution is -2.26. The van der Waals surface area contributed by atoms with Crippen LogP contribution < -0.4 is 5.73 Å². The van der Waals surface area contributed by atoms with Crippen molar-refractivity contribution < 1.29 is 4.39 Å². The van der Waals surface area contributed by atoms with Gasteiger partial charge in [-0.25, -0.2) is 4.39 Å². The van der Waals surface area contributed by atoms with Crippen molar-refractivity contribution in [1.82, 2.24) is 0 Å². The van der Waals surface area contributed by atoms with E-state index in [4.69, 9.17) is 5.73 Å². The minimum absolute atomic E-state index is 0.0565. The van der Waals surface area contributed by atoms with Crippen LogP contribution >= 0.6 is 0 Å². The van der Waals surface area contributed by atoms with Crippen LogP contribution in [0.1, 0.15) is 22.3 Å². The second-order valence-corrected chi connectivity index (χ2v) is 5.18. The number of halogens is 1. The van der Waals surface area contributed by atoms with Gasteiger partial charge in [-0.15, -0.1) is 0 Å². The van der Waals surface area contributed by atoms with E-state index in [9.17, 15) is 4.39 Å². The SMILES string of the molecule is Cc1ccc(CC(N)Cc2ccccc2F)cc1C. The highest BCUT2D eigenvalue weighted by atomic mass is 19.1. The van der Waals surface area contributed by atoms with E-state index in [2.05, 4.69) is 32.0 Å². The van der Waals surface area contributed by atoms with Crippen LogP contribution in [0.25, 0.3) is 0 Å². The second kappa shape index (κ2) is 5.98. The summed E-state index contributed by atoms with van der Waals surface area (Å²) in [6.45, 7) is 4.19. The van der Waals surface area contributed by atoms with Crippen molar-refractivity contribution in [3.05, 3.63) is 70.5 Å². The van der Waals surface area contributed by atoms with E-state index in [0.717, 1.165) is 6.42 Å². The first-order valence-electron chi connectivity index (χ1n) is 6.61. The maximum Gasteiger partial charge on any atom is 0.126 e. The standard InChI is InChI=1S/C17H20FN/c1-12-7-8-14(9-13(12)2)10-16(19)11-15-5-3-4-6-17(15)18/h3-9,16H,10-11,19H2,1-2H3. The maximum atomic E-state index is 13.6. The molecule has 0 fully saturated rings. The molecule has 0 aliphatic rings. The summed E-state index contributed by atoms with van der Waals surface area (Å²) in [4.78, 5) is 0. The molecule has 0 aliphatic heterocycles. The van der Waals surface area contributed by atoms with Gasteiger partial charge in [0.05, 0.1) is 0 Å². The van der Waals surface area contributed by atoms with Gasteiger partial charge in [0.25, 0.3) is 0 Å². The predicted octanol–water partition coefficient (Wildman–Crippen LogP) is 3.56. The van der Waals surface area contributed by atoms with Crippen molar-refractivity contribution in [3.8, 4) is 0 Å². The molecule has 1 atom stereocenters. The van der Waals surface area contributed by atoms with Gasteiger partial charge in [-0.1, -0.05) is 36.4 Å². The quantitative estimate of drug-likeness (QED) is 0.890. The van der Waals surface area contributed by atoms with Gasteiger partial charge in [-0.05, 0) is 55.0 Å². The molecule has 0 aromatic heterocycles. The lowest BCUT2D eigenvalue weighted by atomic mass is 9.97. The van der Waals surface area contributed by atoms with E-state index in [1.165, 1.54) is 22.8 Å². The third-order valence-corrected chi connectivity index (χ3v) is 3.51. The fourth-order valence-electron chi connectivity index (χ4n) is 2.25. The van der Waals surface area contributed by atoms with Crippen molar-refractivity contribution in [2.75, 3.05) is 0 Å². The van der Waals surface area contributed by atoms with E-state index >= 15 is 0 Å². The zero-order chi connectivity index (χ0) is 13.8. The Hall–Kier alpha value is -1.67. The van der Waals surface area contributed by atoms with E-state index in [1.54, 1.807) is 12.1 Å². The molecule has 0 aliphatic carbocycles. The zero-order valence-electron chi connectivity index (χ0n) is 11.5. The Kier molecular flexibility index (Phi) is 4.33. The Morgan fingerprint density at radius 3 is 2.42 bits per heavy atom. The lowest BCUT2D eigenvalue weighted by Gasteiger charge is -2.13. The van der Waals surface area contributed by atoms with Gasteiger partial charge in [0, 0.05) is 6.04 Å². The summed E-state index contributed by atoms with van der Waals surface area (Å²) in [6, 6.07) is 13.2. The summed E-state index contributed by atoms with van der Waals surface area (Å²) in [7, 11) is 0. The minimum Gasteiger partial charge on any atom is -0.327 e. The molecule has 0 heterocycles. The summed E-state index contributed by atoms with van der Waals surface area (Å²) in [6.07, 6.45) is 1.34. The highest BCUT2D eigenvalue weighted by Gasteiger charge is 2.09. The summed E-state index contributed by atoms with van der Waals surface area (Å²) in [5, 5.41) is 0. The van der Waals surface area contributed by atoms with Crippen molar-refractivity contribution >= 4 is 0 Å². The van der Waals surface area contributed by atoms with Crippen LogP contribution in [-0.2, 0) is 12.8 Å². The van der Waals surface area contributed by atoms with Crippen molar-refractivity contribution in [2.24, 2.45) is 5.73 Å². The molecule has 0 radical (unpaired) electrons. The molecule has 2 heteroatoms. The number of benzene rings is 2. The van der Waals surface area contributed by atoms with Gasteiger partial charge >= 0.3 is 0 Å². The molecule has 2 N–H and O–H groups in total. The summed E-state index contributed by atoms with van der Waals surface area (Å²) >= 11 is 0. The number of hydrogen-bond acceptors (Lipinski definition) is 1. The molecule has 2 aromatic rings. The van der Waals surface area contributed by atoms with Crippen LogP contribution in [0.4, 0.5) is 4.39 Å². The highest BCUT2D eigenvalue weighted by molar-refractivity contribution is 5.30. The first-order chi connectivity index (χ1) is 9.06. The largest absolute Gasteiger partial charge is 0.327 e. The van der Waals surface area contributed by atoms with Crippen LogP contribution in [0, 0.1) is 19.7 Å². The monoisotopic (exact) mass is 257 g/mol. The van der Waals surface area contributed by atoms with Gasteiger partial charge in [-0.2, -0.15) is 0 Å². The van der Waals surface area contributed by atoms with Crippen LogP contribution in [0.2, 0.25) is 0 Å². The average Bonchev–Trinajstić information content (AvgIpc) is 2.37. The molecule has 1 unspecified atom stereocenters. The fourth-order valence-corrected chi connectivity index (χ4v) is 2.25. The predicted molar refractivity (Wildman–Crippen MR) is 77.7 cm³/mol. The molecule has 2 rings (SSSR count). The van der Waals surface area contributed by atoms with Gasteiger partial charge in [0.2, 0.25) is 0 Å². The molecule has 2 aromatic carbocycles. The lowest BCUT2D eigenvalue weighted by molar-refractivity contribution is 0.584. The number of rotatable bonds is 4. The van der Waals surface area contributed by atoms with E-state index < -0.39 is 0 Å². The highest BCUT2D eigenvalue weighted by Crippen LogP contribution is 2.14. The molecule has 0 amide bonds. The van der Waals surface area contributed by atoms with Crippen molar-refractivity contribution in [2.45, 2.75) is 32.7 Å². The van der Waals surface area contributed by atoms with Gasteiger partial charge in [-0.3, -0.25) is 0 Å². The molecule has 1 nitrogen and oxygen atoms in total. The third-order valence-electron chi connectivity index (χ3n) is 3.51. The molecular weight excluding hydrogens is 237 g/mol. The second-order valence-electron chi connectivity index (χ2n) is 5.18. The Morgan fingerprint density at radius 1 is 1.00 bits per heavy atom. The number of hydrogen-bond donors (Lipinski definition) is 1. The topological polar surface area (TPSA) is 26.0 Å². The van der Waals surface area contributed by atoms with Gasteiger partial charge in [0.15, 0.2) is 0 Å². The fraction of sp³-hybridized carbons (Fsp3) is 0.294. The zero-order valence-corrected chi connectivity index (χ0v) is 11.5. The average molecular weight is 257 g/mol. The summed E-state index contributed by atoms with van der Waals surface area (Å²) < 4.78 is 13.6. The Balaban J connectivity index is 2.03. The Labute approximate surface area is 114 Å². The third kappa shape index (κ3) is 3.65. The Bertz CT molecular complexity index is 563. The van der Waals surface area contributed by atoms with Crippen LogP contribution in [0.15, 0.2) is 42.5 Å². The normalized spacial score (nSPS) is 12.4. The first kappa shape index (κ1) is 13.8. The summed E-state index contributed by atoms with van der Waals surface area (Å²) in [5.74, 6) is -0.168. The smallest absolute Gasteiger partial charge is 0.126 e. The maximum absolute atomic E-state index is 13.6. The van der Waals surface area contributed by atoms with Gasteiger partial charge in [0.1, 0.15) is 5.82 Å². The molecule has 0 spiro atoms. The molecule has 0 bridgehead atoms. The van der Waals surface area contributed by atoms with E-state index in [1.807, 2.05) is 6.07 Å². The molecule has 19 heavy (non-hydrogen) atoms. The molecule has 0 saturated heterocycles. The minimum atomic E-state index is -0.168. The van der Waals surface area contributed by atoms with Crippen molar-refractivity contribution in [1.29, 1.82) is 0 Å². The molecule has 100 valence electrons.